The lowest BCUT2D eigenvalue weighted by atomic mass is 10.2. The lowest BCUT2D eigenvalue weighted by Crippen LogP contribution is -2.30. The Balaban J connectivity index is 1.59. The number of hydrogen-bond acceptors (Lipinski definition) is 5. The number of nitrogens with zero attached hydrogens (tertiary/aromatic N) is 3. The van der Waals surface area contributed by atoms with E-state index in [0.29, 0.717) is 18.7 Å². The molecule has 2 aromatic heterocycles. The molecule has 3 rings (SSSR count). The zero-order valence-corrected chi connectivity index (χ0v) is 14.0. The van der Waals surface area contributed by atoms with Crippen LogP contribution in [0, 0.1) is 6.92 Å². The van der Waals surface area contributed by atoms with E-state index in [9.17, 15) is 4.79 Å². The van der Waals surface area contributed by atoms with E-state index >= 15 is 0 Å². The molecule has 0 radical (unpaired) electrons. The Kier molecular flexibility index (Phi) is 4.50. The molecule has 0 atom stereocenters. The number of likely N-dealkylation sites (N-methyl/N-ethyl adjacent to an activating group) is 1. The average molecular weight is 328 g/mol. The van der Waals surface area contributed by atoms with Gasteiger partial charge in [0.05, 0.1) is 30.3 Å². The van der Waals surface area contributed by atoms with Crippen molar-refractivity contribution in [3.05, 3.63) is 41.5 Å². The van der Waals surface area contributed by atoms with Crippen molar-refractivity contribution >= 4 is 16.9 Å². The predicted molar refractivity (Wildman–Crippen MR) is 88.9 cm³/mol. The van der Waals surface area contributed by atoms with Crippen LogP contribution in [0.3, 0.4) is 0 Å². The number of hydrogen-bond donors (Lipinski definition) is 1. The smallest absolute Gasteiger partial charge is 0.230 e. The Hall–Kier alpha value is -2.83. The molecule has 126 valence electrons. The number of aromatic nitrogens is 3. The number of H-pyrrole nitrogens is 1. The van der Waals surface area contributed by atoms with Gasteiger partial charge in [-0.3, -0.25) is 4.79 Å². The number of aromatic amines is 1. The summed E-state index contributed by atoms with van der Waals surface area (Å²) in [6.07, 6.45) is 0.864. The molecule has 0 spiro atoms. The van der Waals surface area contributed by atoms with Gasteiger partial charge in [0, 0.05) is 32.1 Å². The minimum atomic E-state index is -0.0102. The fraction of sp³-hybridized carbons (Fsp3) is 0.353. The summed E-state index contributed by atoms with van der Waals surface area (Å²) in [5, 5.41) is 3.79. The molecule has 3 aromatic rings. The lowest BCUT2D eigenvalue weighted by Gasteiger charge is -2.15. The van der Waals surface area contributed by atoms with Gasteiger partial charge in [0.1, 0.15) is 17.3 Å². The van der Waals surface area contributed by atoms with Crippen molar-refractivity contribution in [2.24, 2.45) is 0 Å². The Morgan fingerprint density at radius 2 is 2.21 bits per heavy atom. The summed E-state index contributed by atoms with van der Waals surface area (Å²) >= 11 is 0. The summed E-state index contributed by atoms with van der Waals surface area (Å²) in [5.74, 6) is 2.20. The summed E-state index contributed by atoms with van der Waals surface area (Å²) in [6.45, 7) is 2.40. The van der Waals surface area contributed by atoms with Gasteiger partial charge < -0.3 is 19.1 Å². The second-order valence-electron chi connectivity index (χ2n) is 5.74. The molecule has 24 heavy (non-hydrogen) atoms. The number of nitrogens with one attached hydrogen (secondary N) is 1. The number of carbonyl (C=O) groups is 1. The number of ether oxygens (including phenoxy) is 1. The highest BCUT2D eigenvalue weighted by atomic mass is 16.5. The van der Waals surface area contributed by atoms with Crippen molar-refractivity contribution in [3.63, 3.8) is 0 Å². The largest absolute Gasteiger partial charge is 0.497 e. The van der Waals surface area contributed by atoms with E-state index in [1.807, 2.05) is 25.1 Å². The number of carbonyl (C=O) groups excluding carboxylic acids is 1. The highest BCUT2D eigenvalue weighted by Gasteiger charge is 2.13. The second kappa shape index (κ2) is 6.74. The molecule has 0 bridgehead atoms. The molecule has 0 saturated heterocycles. The first-order chi connectivity index (χ1) is 11.5. The van der Waals surface area contributed by atoms with Crippen LogP contribution in [0.15, 0.2) is 28.8 Å². The molecule has 7 nitrogen and oxygen atoms in total. The standard InChI is InChI=1S/C17H20N4O3/c1-11-8-13(24-20-11)10-17(22)21(2)7-6-16-18-14-5-4-12(23-3)9-15(14)19-16/h4-5,8-9H,6-7,10H2,1-3H3,(H,18,19). The number of amides is 1. The van der Waals surface area contributed by atoms with Crippen LogP contribution >= 0.6 is 0 Å². The van der Waals surface area contributed by atoms with Crippen molar-refractivity contribution in [2.45, 2.75) is 19.8 Å². The zero-order valence-electron chi connectivity index (χ0n) is 14.0. The van der Waals surface area contributed by atoms with E-state index in [2.05, 4.69) is 15.1 Å². The molecular formula is C17H20N4O3. The van der Waals surface area contributed by atoms with Crippen LogP contribution in [0.25, 0.3) is 11.0 Å². The average Bonchev–Trinajstić information content (AvgIpc) is 3.17. The van der Waals surface area contributed by atoms with E-state index in [4.69, 9.17) is 9.26 Å². The van der Waals surface area contributed by atoms with Crippen molar-refractivity contribution < 1.29 is 14.1 Å². The molecule has 2 heterocycles. The SMILES string of the molecule is COc1ccc2nc(CCN(C)C(=O)Cc3cc(C)no3)[nH]c2c1. The third-order valence-electron chi connectivity index (χ3n) is 3.85. The quantitative estimate of drug-likeness (QED) is 0.749. The van der Waals surface area contributed by atoms with E-state index < -0.39 is 0 Å². The van der Waals surface area contributed by atoms with Gasteiger partial charge in [0.25, 0.3) is 0 Å². The fourth-order valence-corrected chi connectivity index (χ4v) is 2.47. The van der Waals surface area contributed by atoms with Crippen LogP contribution in [0.1, 0.15) is 17.3 Å². The topological polar surface area (TPSA) is 84.2 Å². The van der Waals surface area contributed by atoms with Crippen molar-refractivity contribution in [1.29, 1.82) is 0 Å². The van der Waals surface area contributed by atoms with E-state index in [-0.39, 0.29) is 12.3 Å². The highest BCUT2D eigenvalue weighted by Crippen LogP contribution is 2.18. The third-order valence-corrected chi connectivity index (χ3v) is 3.85. The normalized spacial score (nSPS) is 11.0. The molecular weight excluding hydrogens is 308 g/mol. The molecule has 0 aliphatic carbocycles. The maximum Gasteiger partial charge on any atom is 0.230 e. The zero-order chi connectivity index (χ0) is 17.1. The van der Waals surface area contributed by atoms with Gasteiger partial charge in [0.2, 0.25) is 5.91 Å². The van der Waals surface area contributed by atoms with Crippen molar-refractivity contribution in [1.82, 2.24) is 20.0 Å². The number of imidazole rings is 1. The number of rotatable bonds is 6. The van der Waals surface area contributed by atoms with E-state index in [1.165, 1.54) is 0 Å². The van der Waals surface area contributed by atoms with Crippen LogP contribution < -0.4 is 4.74 Å². The second-order valence-corrected chi connectivity index (χ2v) is 5.74. The van der Waals surface area contributed by atoms with Gasteiger partial charge in [-0.2, -0.15) is 0 Å². The molecule has 7 heteroatoms. The number of aryl methyl sites for hydroxylation is 1. The van der Waals surface area contributed by atoms with Crippen LogP contribution in [-0.2, 0) is 17.6 Å². The van der Waals surface area contributed by atoms with Crippen molar-refractivity contribution in [3.8, 4) is 5.75 Å². The summed E-state index contributed by atoms with van der Waals surface area (Å²) in [5.41, 5.74) is 2.59. The highest BCUT2D eigenvalue weighted by molar-refractivity contribution is 5.78. The van der Waals surface area contributed by atoms with E-state index in [0.717, 1.165) is 28.3 Å². The summed E-state index contributed by atoms with van der Waals surface area (Å²) in [6, 6.07) is 7.47. The first kappa shape index (κ1) is 16.0. The minimum Gasteiger partial charge on any atom is -0.497 e. The van der Waals surface area contributed by atoms with Gasteiger partial charge in [-0.15, -0.1) is 0 Å². The number of fused-ring (bicyclic) bond motifs is 1. The first-order valence-electron chi connectivity index (χ1n) is 7.74. The monoisotopic (exact) mass is 328 g/mol. The molecule has 0 aliphatic heterocycles. The molecule has 0 aliphatic rings. The molecule has 1 amide bonds. The van der Waals surface area contributed by atoms with Gasteiger partial charge in [-0.1, -0.05) is 5.16 Å². The Bertz CT molecular complexity index is 853. The summed E-state index contributed by atoms with van der Waals surface area (Å²) in [7, 11) is 3.41. The van der Waals surface area contributed by atoms with Crippen LogP contribution in [0.2, 0.25) is 0 Å². The van der Waals surface area contributed by atoms with Crippen LogP contribution in [-0.4, -0.2) is 46.6 Å². The predicted octanol–water partition coefficient (Wildman–Crippen LogP) is 2.11. The Morgan fingerprint density at radius 1 is 1.38 bits per heavy atom. The minimum absolute atomic E-state index is 0.0102. The Morgan fingerprint density at radius 3 is 2.92 bits per heavy atom. The molecule has 1 N–H and O–H groups in total. The molecule has 1 aromatic carbocycles. The van der Waals surface area contributed by atoms with Crippen LogP contribution in [0.5, 0.6) is 5.75 Å². The maximum atomic E-state index is 12.2. The maximum absolute atomic E-state index is 12.2. The molecule has 0 saturated carbocycles. The fourth-order valence-electron chi connectivity index (χ4n) is 2.47. The summed E-state index contributed by atoms with van der Waals surface area (Å²) < 4.78 is 10.3. The first-order valence-corrected chi connectivity index (χ1v) is 7.74. The molecule has 0 unspecified atom stereocenters. The molecule has 0 fully saturated rings. The van der Waals surface area contributed by atoms with Gasteiger partial charge in [-0.25, -0.2) is 4.98 Å². The van der Waals surface area contributed by atoms with Gasteiger partial charge in [-0.05, 0) is 19.1 Å². The Labute approximate surface area is 139 Å². The van der Waals surface area contributed by atoms with Gasteiger partial charge in [0.15, 0.2) is 0 Å². The van der Waals surface area contributed by atoms with E-state index in [1.54, 1.807) is 25.1 Å². The lowest BCUT2D eigenvalue weighted by molar-refractivity contribution is -0.129. The third kappa shape index (κ3) is 3.56. The summed E-state index contributed by atoms with van der Waals surface area (Å²) in [4.78, 5) is 21.7. The van der Waals surface area contributed by atoms with Gasteiger partial charge >= 0.3 is 0 Å². The van der Waals surface area contributed by atoms with Crippen LogP contribution in [0.4, 0.5) is 0 Å². The van der Waals surface area contributed by atoms with Crippen molar-refractivity contribution in [2.75, 3.05) is 20.7 Å². The number of benzene rings is 1. The number of methoxy groups -OCH3 is 1.